The first-order chi connectivity index (χ1) is 13.3. The number of thioether (sulfide) groups is 1. The van der Waals surface area contributed by atoms with Crippen LogP contribution in [0.5, 0.6) is 0 Å². The molecule has 9 nitrogen and oxygen atoms in total. The lowest BCUT2D eigenvalue weighted by atomic mass is 10.1. The fraction of sp³-hybridized carbons (Fsp3) is 0.333. The summed E-state index contributed by atoms with van der Waals surface area (Å²) in [5.74, 6) is 6.69. The van der Waals surface area contributed by atoms with E-state index in [9.17, 15) is 9.59 Å². The minimum absolute atomic E-state index is 0.0987. The zero-order valence-corrected chi connectivity index (χ0v) is 16.8. The van der Waals surface area contributed by atoms with E-state index in [1.165, 1.54) is 16.4 Å². The van der Waals surface area contributed by atoms with E-state index in [4.69, 9.17) is 15.0 Å². The predicted octanol–water partition coefficient (Wildman–Crippen LogP) is 2.66. The highest BCUT2D eigenvalue weighted by molar-refractivity contribution is 7.99. The Balaban J connectivity index is 1.76. The number of carbonyl (C=O) groups is 2. The van der Waals surface area contributed by atoms with Crippen molar-refractivity contribution in [3.63, 3.8) is 0 Å². The summed E-state index contributed by atoms with van der Waals surface area (Å²) in [5.41, 5.74) is 2.71. The molecule has 0 saturated carbocycles. The van der Waals surface area contributed by atoms with Crippen LogP contribution in [0.15, 0.2) is 21.9 Å². The quantitative estimate of drug-likeness (QED) is 0.267. The molecule has 0 spiro atoms. The number of aromatic amines is 1. The van der Waals surface area contributed by atoms with E-state index in [2.05, 4.69) is 15.2 Å². The lowest BCUT2D eigenvalue weighted by Gasteiger charge is -2.04. The van der Waals surface area contributed by atoms with Crippen LogP contribution in [0.1, 0.15) is 44.8 Å². The van der Waals surface area contributed by atoms with Crippen molar-refractivity contribution in [1.29, 1.82) is 0 Å². The molecule has 0 bridgehead atoms. The molecule has 0 radical (unpaired) electrons. The summed E-state index contributed by atoms with van der Waals surface area (Å²) in [6.45, 7) is 7.27. The van der Waals surface area contributed by atoms with E-state index >= 15 is 0 Å². The van der Waals surface area contributed by atoms with Gasteiger partial charge < -0.3 is 20.0 Å². The molecule has 0 aromatic carbocycles. The maximum absolute atomic E-state index is 12.7. The minimum atomic E-state index is -0.475. The third-order valence-electron chi connectivity index (χ3n) is 4.29. The number of H-pyrrole nitrogens is 1. The molecule has 0 fully saturated rings. The molecule has 10 heteroatoms. The van der Waals surface area contributed by atoms with Gasteiger partial charge in [0.05, 0.1) is 24.2 Å². The Hall–Kier alpha value is -3.01. The summed E-state index contributed by atoms with van der Waals surface area (Å²) in [5, 5.41) is 8.54. The molecule has 3 N–H and O–H groups in total. The number of aryl methyl sites for hydroxylation is 2. The summed E-state index contributed by atoms with van der Waals surface area (Å²) < 4.78 is 11.6. The van der Waals surface area contributed by atoms with Gasteiger partial charge in [-0.05, 0) is 39.3 Å². The molecule has 0 atom stereocenters. The Morgan fingerprint density at radius 2 is 2.07 bits per heavy atom. The molecule has 0 amide bonds. The van der Waals surface area contributed by atoms with Crippen LogP contribution in [-0.4, -0.2) is 44.0 Å². The monoisotopic (exact) mass is 403 g/mol. The van der Waals surface area contributed by atoms with Gasteiger partial charge in [-0.25, -0.2) is 9.47 Å². The Kier molecular flexibility index (Phi) is 5.59. The maximum atomic E-state index is 12.7. The van der Waals surface area contributed by atoms with Crippen LogP contribution in [0.4, 0.5) is 0 Å². The number of hydrogen-bond acceptors (Lipinski definition) is 8. The number of hydrogen-bond donors (Lipinski definition) is 2. The van der Waals surface area contributed by atoms with Gasteiger partial charge in [-0.2, -0.15) is 0 Å². The number of esters is 1. The van der Waals surface area contributed by atoms with Gasteiger partial charge in [-0.1, -0.05) is 11.8 Å². The topological polar surface area (TPSA) is 129 Å². The number of nitrogen functional groups attached to an aromatic ring is 1. The number of furan rings is 1. The summed E-state index contributed by atoms with van der Waals surface area (Å²) in [4.78, 5) is 27.7. The van der Waals surface area contributed by atoms with Gasteiger partial charge in [-0.15, -0.1) is 10.2 Å². The number of aromatic nitrogens is 4. The predicted molar refractivity (Wildman–Crippen MR) is 104 cm³/mol. The van der Waals surface area contributed by atoms with Crippen LogP contribution in [0.3, 0.4) is 0 Å². The fourth-order valence-corrected chi connectivity index (χ4v) is 3.68. The first-order valence-electron chi connectivity index (χ1n) is 8.62. The molecule has 0 aliphatic carbocycles. The van der Waals surface area contributed by atoms with Gasteiger partial charge in [0.2, 0.25) is 5.16 Å². The molecule has 28 heavy (non-hydrogen) atoms. The Morgan fingerprint density at radius 3 is 2.71 bits per heavy atom. The van der Waals surface area contributed by atoms with Crippen molar-refractivity contribution in [2.45, 2.75) is 32.9 Å². The van der Waals surface area contributed by atoms with Gasteiger partial charge >= 0.3 is 5.97 Å². The van der Waals surface area contributed by atoms with Gasteiger partial charge in [0.15, 0.2) is 11.6 Å². The highest BCUT2D eigenvalue weighted by atomic mass is 32.2. The number of nitrogens with one attached hydrogen (secondary N) is 1. The van der Waals surface area contributed by atoms with Crippen LogP contribution in [0.25, 0.3) is 11.4 Å². The highest BCUT2D eigenvalue weighted by Crippen LogP contribution is 2.26. The Labute approximate surface area is 165 Å². The molecule has 0 aliphatic heterocycles. The van der Waals surface area contributed by atoms with E-state index in [1.54, 1.807) is 40.0 Å². The second kappa shape index (κ2) is 7.93. The van der Waals surface area contributed by atoms with Crippen molar-refractivity contribution in [2.75, 3.05) is 18.2 Å². The second-order valence-corrected chi connectivity index (χ2v) is 7.07. The largest absolute Gasteiger partial charge is 0.469 e. The summed E-state index contributed by atoms with van der Waals surface area (Å²) in [7, 11) is 0. The van der Waals surface area contributed by atoms with Gasteiger partial charge in [-0.3, -0.25) is 4.79 Å². The number of ether oxygens (including phenoxy) is 1. The van der Waals surface area contributed by atoms with E-state index in [0.717, 1.165) is 5.56 Å². The smallest absolute Gasteiger partial charge is 0.355 e. The van der Waals surface area contributed by atoms with Crippen molar-refractivity contribution in [3.05, 3.63) is 40.6 Å². The highest BCUT2D eigenvalue weighted by Gasteiger charge is 2.23. The van der Waals surface area contributed by atoms with Gasteiger partial charge in [0.1, 0.15) is 11.5 Å². The van der Waals surface area contributed by atoms with E-state index < -0.39 is 5.97 Å². The molecule has 3 rings (SSSR count). The van der Waals surface area contributed by atoms with Gasteiger partial charge in [0.25, 0.3) is 0 Å². The van der Waals surface area contributed by atoms with Crippen LogP contribution in [0, 0.1) is 20.8 Å². The van der Waals surface area contributed by atoms with Crippen molar-refractivity contribution in [2.24, 2.45) is 0 Å². The minimum Gasteiger partial charge on any atom is -0.469 e. The number of ketones is 1. The van der Waals surface area contributed by atoms with Crippen LogP contribution in [-0.2, 0) is 4.74 Å². The number of Topliss-reactive ketones (excluding diaryl/α,β-unsaturated/α-hetero) is 1. The Morgan fingerprint density at radius 1 is 1.32 bits per heavy atom. The number of rotatable bonds is 7. The fourth-order valence-electron chi connectivity index (χ4n) is 2.95. The van der Waals surface area contributed by atoms with E-state index in [0.29, 0.717) is 39.3 Å². The number of nitrogens with zero attached hydrogens (tertiary/aromatic N) is 3. The second-order valence-electron chi connectivity index (χ2n) is 6.12. The van der Waals surface area contributed by atoms with Gasteiger partial charge in [0, 0.05) is 11.3 Å². The Bertz CT molecular complexity index is 1030. The average molecular weight is 403 g/mol. The first-order valence-corrected chi connectivity index (χ1v) is 9.60. The maximum Gasteiger partial charge on any atom is 0.355 e. The summed E-state index contributed by atoms with van der Waals surface area (Å²) in [6, 6.07) is 1.76. The van der Waals surface area contributed by atoms with Crippen molar-refractivity contribution >= 4 is 23.5 Å². The van der Waals surface area contributed by atoms with E-state index in [-0.39, 0.29) is 18.1 Å². The van der Waals surface area contributed by atoms with Crippen molar-refractivity contribution in [1.82, 2.24) is 19.9 Å². The lowest BCUT2D eigenvalue weighted by Crippen LogP contribution is -2.13. The molecule has 0 unspecified atom stereocenters. The zero-order valence-electron chi connectivity index (χ0n) is 16.0. The van der Waals surface area contributed by atoms with Crippen molar-refractivity contribution in [3.8, 4) is 11.4 Å². The number of carbonyl (C=O) groups excluding carboxylic acids is 2. The normalized spacial score (nSPS) is 11.0. The molecule has 0 aliphatic rings. The van der Waals surface area contributed by atoms with Crippen LogP contribution in [0.2, 0.25) is 0 Å². The SMILES string of the molecule is CCOC(=O)c1[nH]c(C)c(C(=O)CSc2nnc(-c3ccoc3C)n2N)c1C. The third kappa shape index (κ3) is 3.55. The van der Waals surface area contributed by atoms with E-state index in [1.807, 2.05) is 0 Å². The third-order valence-corrected chi connectivity index (χ3v) is 5.24. The summed E-state index contributed by atoms with van der Waals surface area (Å²) >= 11 is 1.17. The molecular formula is C18H21N5O4S. The molecule has 0 saturated heterocycles. The summed E-state index contributed by atoms with van der Waals surface area (Å²) in [6.07, 6.45) is 1.55. The molecule has 3 aromatic heterocycles. The molecular weight excluding hydrogens is 382 g/mol. The first kappa shape index (κ1) is 19.7. The van der Waals surface area contributed by atoms with Crippen LogP contribution >= 0.6 is 11.8 Å². The average Bonchev–Trinajstić information content (AvgIpc) is 3.31. The van der Waals surface area contributed by atoms with Crippen molar-refractivity contribution < 1.29 is 18.7 Å². The number of nitrogens with two attached hydrogens (primary N) is 1. The molecule has 3 aromatic rings. The zero-order chi connectivity index (χ0) is 20.4. The molecule has 148 valence electrons. The molecule has 3 heterocycles. The van der Waals surface area contributed by atoms with Crippen LogP contribution < -0.4 is 5.84 Å². The lowest BCUT2D eigenvalue weighted by molar-refractivity contribution is 0.0519. The standard InChI is InChI=1S/C18H21N5O4S/c1-5-26-17(25)15-9(2)14(10(3)20-15)13(24)8-28-18-22-21-16(23(18)19)12-6-7-27-11(12)4/h6-7,20H,5,8,19H2,1-4H3.